The molecule has 0 aliphatic heterocycles. The number of nitrogens with two attached hydrogens (primary N) is 1. The Morgan fingerprint density at radius 3 is 2.20 bits per heavy atom. The van der Waals surface area contributed by atoms with Crippen molar-refractivity contribution < 1.29 is 0 Å². The lowest BCUT2D eigenvalue weighted by Gasteiger charge is -2.38. The van der Waals surface area contributed by atoms with Crippen LogP contribution in [0.1, 0.15) is 27.7 Å². The largest absolute Gasteiger partial charge is 0.369 e. The molecule has 108 valence electrons. The van der Waals surface area contributed by atoms with Gasteiger partial charge in [0, 0.05) is 21.8 Å². The molecule has 0 amide bonds. The molecule has 0 bridgehead atoms. The van der Waals surface area contributed by atoms with Crippen molar-refractivity contribution in [2.45, 2.75) is 33.7 Å². The van der Waals surface area contributed by atoms with Gasteiger partial charge in [0.25, 0.3) is 0 Å². The number of hydrogen-bond donors (Lipinski definition) is 1. The van der Waals surface area contributed by atoms with E-state index >= 15 is 0 Å². The Bertz CT molecular complexity index is 535. The SMILES string of the molecule is CC(N(C(N)=NC#N)c1cc(Cl)cc(Cl)c1)C(C)(C)C. The number of hydrogen-bond acceptors (Lipinski definition) is 2. The molecule has 1 atom stereocenters. The predicted molar refractivity (Wildman–Crippen MR) is 85.1 cm³/mol. The highest BCUT2D eigenvalue weighted by Gasteiger charge is 2.29. The number of rotatable bonds is 2. The van der Waals surface area contributed by atoms with Crippen LogP contribution in [0.3, 0.4) is 0 Å². The second kappa shape index (κ2) is 6.34. The zero-order valence-corrected chi connectivity index (χ0v) is 13.5. The molecule has 6 heteroatoms. The molecule has 2 N–H and O–H groups in total. The van der Waals surface area contributed by atoms with Gasteiger partial charge in [0.05, 0.1) is 0 Å². The Morgan fingerprint density at radius 2 is 1.80 bits per heavy atom. The average molecular weight is 313 g/mol. The number of anilines is 1. The first-order valence-electron chi connectivity index (χ1n) is 6.14. The van der Waals surface area contributed by atoms with Gasteiger partial charge in [0.15, 0.2) is 0 Å². The van der Waals surface area contributed by atoms with Crippen molar-refractivity contribution in [2.24, 2.45) is 16.1 Å². The second-order valence-corrected chi connectivity index (χ2v) is 6.48. The van der Waals surface area contributed by atoms with Crippen molar-refractivity contribution >= 4 is 34.8 Å². The molecular formula is C14H18Cl2N4. The molecular weight excluding hydrogens is 295 g/mol. The number of halogens is 2. The maximum absolute atomic E-state index is 8.73. The van der Waals surface area contributed by atoms with Gasteiger partial charge in [-0.1, -0.05) is 44.0 Å². The summed E-state index contributed by atoms with van der Waals surface area (Å²) in [5.41, 5.74) is 6.56. The topological polar surface area (TPSA) is 65.4 Å². The van der Waals surface area contributed by atoms with Crippen molar-refractivity contribution in [3.63, 3.8) is 0 Å². The predicted octanol–water partition coefficient (Wildman–Crippen LogP) is 4.03. The van der Waals surface area contributed by atoms with Gasteiger partial charge in [0.2, 0.25) is 12.2 Å². The third-order valence-corrected chi connectivity index (χ3v) is 3.61. The fraction of sp³-hybridized carbons (Fsp3) is 0.429. The van der Waals surface area contributed by atoms with Crippen molar-refractivity contribution in [1.82, 2.24) is 0 Å². The summed E-state index contributed by atoms with van der Waals surface area (Å²) in [6.07, 6.45) is 1.71. The van der Waals surface area contributed by atoms with E-state index in [0.29, 0.717) is 15.7 Å². The molecule has 0 fully saturated rings. The summed E-state index contributed by atoms with van der Waals surface area (Å²) in [6.45, 7) is 8.25. The van der Waals surface area contributed by atoms with E-state index < -0.39 is 0 Å². The molecule has 0 spiro atoms. The molecule has 0 aromatic heterocycles. The molecule has 0 saturated heterocycles. The van der Waals surface area contributed by atoms with Gasteiger partial charge < -0.3 is 10.6 Å². The fourth-order valence-corrected chi connectivity index (χ4v) is 2.24. The lowest BCUT2D eigenvalue weighted by molar-refractivity contribution is 0.339. The first kappa shape index (κ1) is 16.6. The lowest BCUT2D eigenvalue weighted by atomic mass is 9.86. The van der Waals surface area contributed by atoms with Crippen LogP contribution in [0, 0.1) is 16.9 Å². The highest BCUT2D eigenvalue weighted by atomic mass is 35.5. The number of nitrogens with zero attached hydrogens (tertiary/aromatic N) is 3. The van der Waals surface area contributed by atoms with Gasteiger partial charge in [0.1, 0.15) is 0 Å². The van der Waals surface area contributed by atoms with Crippen LogP contribution in [0.2, 0.25) is 10.0 Å². The molecule has 1 rings (SSSR count). The van der Waals surface area contributed by atoms with E-state index in [1.807, 2.05) is 6.92 Å². The Labute approximate surface area is 129 Å². The molecule has 0 aliphatic rings. The number of aliphatic imine (C=N–C) groups is 1. The minimum Gasteiger partial charge on any atom is -0.369 e. The number of nitriles is 1. The molecule has 4 nitrogen and oxygen atoms in total. The molecule has 0 heterocycles. The number of guanidine groups is 1. The van der Waals surface area contributed by atoms with Crippen LogP contribution in [-0.2, 0) is 0 Å². The van der Waals surface area contributed by atoms with Crippen LogP contribution in [0.15, 0.2) is 23.2 Å². The summed E-state index contributed by atoms with van der Waals surface area (Å²) in [7, 11) is 0. The summed E-state index contributed by atoms with van der Waals surface area (Å²) in [6, 6.07) is 5.13. The van der Waals surface area contributed by atoms with Crippen LogP contribution in [0.25, 0.3) is 0 Å². The molecule has 1 aromatic carbocycles. The van der Waals surface area contributed by atoms with Gasteiger partial charge in [-0.15, -0.1) is 4.99 Å². The molecule has 0 aliphatic carbocycles. The standard InChI is InChI=1S/C14H18Cl2N4/c1-9(14(2,3)4)20(13(18)19-8-17)12-6-10(15)5-11(16)7-12/h5-7,9H,1-4H3,(H2,18,19). The van der Waals surface area contributed by atoms with Crippen LogP contribution in [-0.4, -0.2) is 12.0 Å². The van der Waals surface area contributed by atoms with Gasteiger partial charge in [-0.05, 0) is 30.5 Å². The van der Waals surface area contributed by atoms with Crippen LogP contribution in [0.4, 0.5) is 5.69 Å². The summed E-state index contributed by atoms with van der Waals surface area (Å²) in [5, 5.41) is 9.74. The first-order valence-corrected chi connectivity index (χ1v) is 6.90. The van der Waals surface area contributed by atoms with Gasteiger partial charge >= 0.3 is 0 Å². The Hall–Kier alpha value is -1.44. The maximum Gasteiger partial charge on any atom is 0.212 e. The summed E-state index contributed by atoms with van der Waals surface area (Å²) >= 11 is 12.1. The summed E-state index contributed by atoms with van der Waals surface area (Å²) in [5.74, 6) is 0.119. The highest BCUT2D eigenvalue weighted by molar-refractivity contribution is 6.35. The highest BCUT2D eigenvalue weighted by Crippen LogP contribution is 2.32. The van der Waals surface area contributed by atoms with Gasteiger partial charge in [-0.25, -0.2) is 0 Å². The third-order valence-electron chi connectivity index (χ3n) is 3.18. The van der Waals surface area contributed by atoms with Crippen molar-refractivity contribution in [3.8, 4) is 6.19 Å². The van der Waals surface area contributed by atoms with E-state index in [2.05, 4.69) is 25.8 Å². The van der Waals surface area contributed by atoms with E-state index in [1.54, 1.807) is 29.3 Å². The minimum absolute atomic E-state index is 0.00543. The zero-order valence-electron chi connectivity index (χ0n) is 12.0. The van der Waals surface area contributed by atoms with Crippen LogP contribution < -0.4 is 10.6 Å². The number of benzene rings is 1. The zero-order chi connectivity index (χ0) is 15.5. The molecule has 20 heavy (non-hydrogen) atoms. The van der Waals surface area contributed by atoms with Crippen LogP contribution >= 0.6 is 23.2 Å². The minimum atomic E-state index is -0.0790. The molecule has 1 unspecified atom stereocenters. The van der Waals surface area contributed by atoms with Crippen molar-refractivity contribution in [1.29, 1.82) is 5.26 Å². The Morgan fingerprint density at radius 1 is 1.30 bits per heavy atom. The Balaban J connectivity index is 3.38. The fourth-order valence-electron chi connectivity index (χ4n) is 1.73. The lowest BCUT2D eigenvalue weighted by Crippen LogP contribution is -2.49. The quantitative estimate of drug-likeness (QED) is 0.509. The normalized spacial score (nSPS) is 13.8. The van der Waals surface area contributed by atoms with E-state index in [-0.39, 0.29) is 17.4 Å². The average Bonchev–Trinajstić information content (AvgIpc) is 2.26. The molecule has 1 aromatic rings. The van der Waals surface area contributed by atoms with E-state index in [9.17, 15) is 0 Å². The summed E-state index contributed by atoms with van der Waals surface area (Å²) in [4.78, 5) is 5.40. The van der Waals surface area contributed by atoms with Crippen LogP contribution in [0.5, 0.6) is 0 Å². The smallest absolute Gasteiger partial charge is 0.212 e. The van der Waals surface area contributed by atoms with Gasteiger partial charge in [-0.3, -0.25) is 0 Å². The Kier molecular flexibility index (Phi) is 5.27. The van der Waals surface area contributed by atoms with E-state index in [1.165, 1.54) is 0 Å². The van der Waals surface area contributed by atoms with E-state index in [4.69, 9.17) is 34.2 Å². The molecule has 0 saturated carbocycles. The third kappa shape index (κ3) is 4.03. The van der Waals surface area contributed by atoms with Crippen molar-refractivity contribution in [3.05, 3.63) is 28.2 Å². The van der Waals surface area contributed by atoms with Crippen molar-refractivity contribution in [2.75, 3.05) is 4.90 Å². The van der Waals surface area contributed by atoms with Gasteiger partial charge in [-0.2, -0.15) is 5.26 Å². The summed E-state index contributed by atoms with van der Waals surface area (Å²) < 4.78 is 0. The monoisotopic (exact) mass is 312 g/mol. The maximum atomic E-state index is 8.73. The second-order valence-electron chi connectivity index (χ2n) is 5.61. The first-order chi connectivity index (χ1) is 9.16. The molecule has 0 radical (unpaired) electrons. The van der Waals surface area contributed by atoms with E-state index in [0.717, 1.165) is 0 Å².